The van der Waals surface area contributed by atoms with Gasteiger partial charge in [0.05, 0.1) is 31.5 Å². The fraction of sp³-hybridized carbons (Fsp3) is 0.263. The first kappa shape index (κ1) is 17.5. The standard InChI is InChI=1S/C19H20O5/c1-4-23-18(20)16-8-6-7-15(17(16)19(21)24-5-2)13-9-11-14(22-3)12-10-13/h6-12H,4-5H2,1-3H3. The fourth-order valence-corrected chi connectivity index (χ4v) is 2.37. The molecule has 0 aliphatic carbocycles. The van der Waals surface area contributed by atoms with Gasteiger partial charge in [-0.15, -0.1) is 0 Å². The molecule has 0 radical (unpaired) electrons. The van der Waals surface area contributed by atoms with Crippen molar-refractivity contribution in [3.05, 3.63) is 53.6 Å². The zero-order chi connectivity index (χ0) is 17.5. The third kappa shape index (κ3) is 3.74. The number of carbonyl (C=O) groups is 2. The van der Waals surface area contributed by atoms with Crippen molar-refractivity contribution in [2.24, 2.45) is 0 Å². The van der Waals surface area contributed by atoms with E-state index >= 15 is 0 Å². The minimum atomic E-state index is -0.549. The predicted octanol–water partition coefficient (Wildman–Crippen LogP) is 3.72. The van der Waals surface area contributed by atoms with Gasteiger partial charge in [-0.3, -0.25) is 0 Å². The van der Waals surface area contributed by atoms with E-state index in [0.717, 1.165) is 5.56 Å². The average molecular weight is 328 g/mol. The first-order valence-electron chi connectivity index (χ1n) is 7.74. The Bertz CT molecular complexity index is 719. The number of benzene rings is 2. The molecule has 0 heterocycles. The molecule has 0 atom stereocenters. The molecule has 2 rings (SSSR count). The lowest BCUT2D eigenvalue weighted by Crippen LogP contribution is -2.15. The molecule has 0 aliphatic heterocycles. The number of methoxy groups -OCH3 is 1. The highest BCUT2D eigenvalue weighted by atomic mass is 16.5. The first-order valence-corrected chi connectivity index (χ1v) is 7.74. The number of hydrogen-bond acceptors (Lipinski definition) is 5. The minimum Gasteiger partial charge on any atom is -0.497 e. The van der Waals surface area contributed by atoms with Gasteiger partial charge in [-0.05, 0) is 43.2 Å². The van der Waals surface area contributed by atoms with E-state index in [1.807, 2.05) is 12.1 Å². The predicted molar refractivity (Wildman–Crippen MR) is 90.3 cm³/mol. The van der Waals surface area contributed by atoms with Gasteiger partial charge in [0.2, 0.25) is 0 Å². The second-order valence-electron chi connectivity index (χ2n) is 4.90. The lowest BCUT2D eigenvalue weighted by atomic mass is 9.95. The molecule has 0 N–H and O–H groups in total. The third-order valence-electron chi connectivity index (χ3n) is 3.44. The summed E-state index contributed by atoms with van der Waals surface area (Å²) in [6, 6.07) is 12.3. The van der Waals surface area contributed by atoms with Gasteiger partial charge in [-0.2, -0.15) is 0 Å². The Morgan fingerprint density at radius 3 is 2.08 bits per heavy atom. The highest BCUT2D eigenvalue weighted by Crippen LogP contribution is 2.29. The van der Waals surface area contributed by atoms with Crippen molar-refractivity contribution in [1.29, 1.82) is 0 Å². The van der Waals surface area contributed by atoms with Crippen LogP contribution in [0.1, 0.15) is 34.6 Å². The lowest BCUT2D eigenvalue weighted by Gasteiger charge is -2.13. The summed E-state index contributed by atoms with van der Waals surface area (Å²) in [6.45, 7) is 3.89. The van der Waals surface area contributed by atoms with Gasteiger partial charge >= 0.3 is 11.9 Å². The van der Waals surface area contributed by atoms with E-state index in [2.05, 4.69) is 0 Å². The molecule has 0 saturated carbocycles. The first-order chi connectivity index (χ1) is 11.6. The molecule has 2 aromatic rings. The molecule has 5 nitrogen and oxygen atoms in total. The van der Waals surface area contributed by atoms with Crippen molar-refractivity contribution in [2.75, 3.05) is 20.3 Å². The summed E-state index contributed by atoms with van der Waals surface area (Å²) < 4.78 is 15.3. The summed E-state index contributed by atoms with van der Waals surface area (Å²) >= 11 is 0. The van der Waals surface area contributed by atoms with E-state index in [4.69, 9.17) is 14.2 Å². The molecular formula is C19H20O5. The summed E-state index contributed by atoms with van der Waals surface area (Å²) in [5, 5.41) is 0. The summed E-state index contributed by atoms with van der Waals surface area (Å²) in [5.74, 6) is -0.388. The smallest absolute Gasteiger partial charge is 0.339 e. The monoisotopic (exact) mass is 328 g/mol. The van der Waals surface area contributed by atoms with E-state index < -0.39 is 11.9 Å². The molecule has 126 valence electrons. The highest BCUT2D eigenvalue weighted by Gasteiger charge is 2.23. The van der Waals surface area contributed by atoms with Crippen molar-refractivity contribution in [3.63, 3.8) is 0 Å². The molecule has 0 spiro atoms. The number of ether oxygens (including phenoxy) is 3. The van der Waals surface area contributed by atoms with Crippen LogP contribution in [-0.2, 0) is 9.47 Å². The van der Waals surface area contributed by atoms with Crippen LogP contribution in [0.2, 0.25) is 0 Å². The molecule has 0 aliphatic rings. The van der Waals surface area contributed by atoms with E-state index in [1.54, 1.807) is 51.3 Å². The quantitative estimate of drug-likeness (QED) is 0.756. The average Bonchev–Trinajstić information content (AvgIpc) is 2.61. The molecular weight excluding hydrogens is 308 g/mol. The van der Waals surface area contributed by atoms with Crippen LogP contribution >= 0.6 is 0 Å². The van der Waals surface area contributed by atoms with Crippen LogP contribution in [0.4, 0.5) is 0 Å². The molecule has 0 saturated heterocycles. The lowest BCUT2D eigenvalue weighted by molar-refractivity contribution is 0.0479. The zero-order valence-corrected chi connectivity index (χ0v) is 14.0. The topological polar surface area (TPSA) is 61.8 Å². The van der Waals surface area contributed by atoms with Gasteiger partial charge in [0, 0.05) is 0 Å². The number of esters is 2. The Morgan fingerprint density at radius 1 is 0.875 bits per heavy atom. The largest absolute Gasteiger partial charge is 0.497 e. The highest BCUT2D eigenvalue weighted by molar-refractivity contribution is 6.07. The van der Waals surface area contributed by atoms with Gasteiger partial charge in [0.1, 0.15) is 5.75 Å². The van der Waals surface area contributed by atoms with Crippen LogP contribution in [0.25, 0.3) is 11.1 Å². The Labute approximate surface area is 141 Å². The van der Waals surface area contributed by atoms with Crippen LogP contribution in [0.3, 0.4) is 0 Å². The van der Waals surface area contributed by atoms with Gasteiger partial charge < -0.3 is 14.2 Å². The van der Waals surface area contributed by atoms with E-state index in [0.29, 0.717) is 11.3 Å². The Hall–Kier alpha value is -2.82. The maximum absolute atomic E-state index is 12.4. The minimum absolute atomic E-state index is 0.198. The maximum atomic E-state index is 12.4. The van der Waals surface area contributed by atoms with Gasteiger partial charge in [0.25, 0.3) is 0 Å². The van der Waals surface area contributed by atoms with Crippen molar-refractivity contribution in [2.45, 2.75) is 13.8 Å². The Morgan fingerprint density at radius 2 is 1.50 bits per heavy atom. The summed E-state index contributed by atoms with van der Waals surface area (Å²) in [5.41, 5.74) is 1.80. The number of rotatable bonds is 6. The normalized spacial score (nSPS) is 10.1. The second kappa shape index (κ2) is 8.15. The number of carbonyl (C=O) groups excluding carboxylic acids is 2. The van der Waals surface area contributed by atoms with Crippen LogP contribution in [0.5, 0.6) is 5.75 Å². The van der Waals surface area contributed by atoms with E-state index in [-0.39, 0.29) is 24.3 Å². The molecule has 5 heteroatoms. The van der Waals surface area contributed by atoms with Crippen molar-refractivity contribution < 1.29 is 23.8 Å². The third-order valence-corrected chi connectivity index (χ3v) is 3.44. The molecule has 0 fully saturated rings. The zero-order valence-electron chi connectivity index (χ0n) is 14.0. The molecule has 0 aromatic heterocycles. The van der Waals surface area contributed by atoms with E-state index in [1.165, 1.54) is 0 Å². The Kier molecular flexibility index (Phi) is 5.95. The van der Waals surface area contributed by atoms with Gasteiger partial charge in [-0.25, -0.2) is 9.59 Å². The van der Waals surface area contributed by atoms with Crippen molar-refractivity contribution >= 4 is 11.9 Å². The number of hydrogen-bond donors (Lipinski definition) is 0. The summed E-state index contributed by atoms with van der Waals surface area (Å²) in [6.07, 6.45) is 0. The molecule has 2 aromatic carbocycles. The summed E-state index contributed by atoms with van der Waals surface area (Å²) in [7, 11) is 1.58. The maximum Gasteiger partial charge on any atom is 0.339 e. The van der Waals surface area contributed by atoms with Crippen LogP contribution in [0, 0.1) is 0 Å². The molecule has 0 amide bonds. The molecule has 24 heavy (non-hydrogen) atoms. The fourth-order valence-electron chi connectivity index (χ4n) is 2.37. The molecule has 0 unspecified atom stereocenters. The summed E-state index contributed by atoms with van der Waals surface area (Å²) in [4.78, 5) is 24.6. The van der Waals surface area contributed by atoms with Gasteiger partial charge in [0.15, 0.2) is 0 Å². The van der Waals surface area contributed by atoms with Crippen LogP contribution in [-0.4, -0.2) is 32.3 Å². The molecule has 0 bridgehead atoms. The Balaban J connectivity index is 2.58. The van der Waals surface area contributed by atoms with Crippen molar-refractivity contribution in [1.82, 2.24) is 0 Å². The van der Waals surface area contributed by atoms with Gasteiger partial charge in [-0.1, -0.05) is 24.3 Å². The van der Waals surface area contributed by atoms with E-state index in [9.17, 15) is 9.59 Å². The second-order valence-corrected chi connectivity index (χ2v) is 4.90. The van der Waals surface area contributed by atoms with Crippen LogP contribution < -0.4 is 4.74 Å². The van der Waals surface area contributed by atoms with Crippen LogP contribution in [0.15, 0.2) is 42.5 Å². The van der Waals surface area contributed by atoms with Crippen molar-refractivity contribution in [3.8, 4) is 16.9 Å². The SMILES string of the molecule is CCOC(=O)c1cccc(-c2ccc(OC)cc2)c1C(=O)OCC.